The minimum atomic E-state index is -1.06. The van der Waals surface area contributed by atoms with E-state index in [1.54, 1.807) is 40.7 Å². The van der Waals surface area contributed by atoms with Crippen molar-refractivity contribution in [1.29, 1.82) is 0 Å². The maximum Gasteiger partial charge on any atom is 0.266 e. The number of benzene rings is 2. The third-order valence-corrected chi connectivity index (χ3v) is 11.1. The van der Waals surface area contributed by atoms with Gasteiger partial charge in [0.05, 0.1) is 23.4 Å². The smallest absolute Gasteiger partial charge is 0.266 e. The monoisotopic (exact) mass is 836 g/mol. The number of rotatable bonds is 16. The summed E-state index contributed by atoms with van der Waals surface area (Å²) in [7, 11) is 1.99. The molecule has 1 unspecified atom stereocenters. The fourth-order valence-corrected chi connectivity index (χ4v) is 7.76. The van der Waals surface area contributed by atoms with Crippen molar-refractivity contribution in [3.63, 3.8) is 0 Å². The number of nitrogens with one attached hydrogen (secondary N) is 3. The molecule has 2 aromatic heterocycles. The number of thiazole rings is 1. The number of hydrogen-bond acceptors (Lipinski definition) is 13. The highest BCUT2D eigenvalue weighted by atomic mass is 32.1. The fraction of sp³-hybridized carbons (Fsp3) is 0.357. The van der Waals surface area contributed by atoms with Crippen LogP contribution in [0.2, 0.25) is 0 Å². The largest absolute Gasteiger partial charge is 0.493 e. The van der Waals surface area contributed by atoms with Gasteiger partial charge in [-0.3, -0.25) is 54.1 Å². The molecule has 5 heterocycles. The van der Waals surface area contributed by atoms with Crippen molar-refractivity contribution < 1.29 is 43.0 Å². The van der Waals surface area contributed by atoms with Gasteiger partial charge in [0.25, 0.3) is 29.5 Å². The first kappa shape index (κ1) is 41.6. The highest BCUT2D eigenvalue weighted by Gasteiger charge is 2.46. The molecule has 7 rings (SSSR count). The van der Waals surface area contributed by atoms with Crippen LogP contribution in [0.1, 0.15) is 80.0 Å². The number of likely N-dealkylation sites (N-methyl/N-ethyl adjacent to an activating group) is 1. The Morgan fingerprint density at radius 2 is 1.68 bits per heavy atom. The number of pyridine rings is 1. The second-order valence-corrected chi connectivity index (χ2v) is 15.4. The zero-order valence-electron chi connectivity index (χ0n) is 32.9. The molecular formula is C42H44N8O9S. The van der Waals surface area contributed by atoms with Gasteiger partial charge in [-0.05, 0) is 68.8 Å². The zero-order valence-corrected chi connectivity index (χ0v) is 33.8. The summed E-state index contributed by atoms with van der Waals surface area (Å²) in [5, 5.41) is 9.98. The third kappa shape index (κ3) is 9.83. The Kier molecular flexibility index (Phi) is 13.2. The number of unbranched alkanes of at least 4 members (excludes halogenated alkanes) is 3. The number of hydrogen-bond donors (Lipinski definition) is 3. The van der Waals surface area contributed by atoms with Crippen LogP contribution in [0.5, 0.6) is 11.5 Å². The molecule has 0 radical (unpaired) electrons. The molecule has 7 amide bonds. The Hall–Kier alpha value is -6.53. The fourth-order valence-electron chi connectivity index (χ4n) is 7.06. The molecule has 0 bridgehead atoms. The molecule has 2 aromatic carbocycles. The molecule has 3 N–H and O–H groups in total. The number of piperazine rings is 1. The number of fused-ring (bicyclic) bond motifs is 1. The number of imide groups is 2. The van der Waals surface area contributed by atoms with E-state index in [1.165, 1.54) is 29.5 Å². The summed E-state index contributed by atoms with van der Waals surface area (Å²) >= 11 is 1.25. The molecular weight excluding hydrogens is 793 g/mol. The van der Waals surface area contributed by atoms with Crippen molar-refractivity contribution >= 4 is 57.8 Å². The average molecular weight is 837 g/mol. The molecule has 3 aliphatic heterocycles. The van der Waals surface area contributed by atoms with Gasteiger partial charge in [0.15, 0.2) is 11.7 Å². The highest BCUT2D eigenvalue weighted by Crippen LogP contribution is 2.34. The summed E-state index contributed by atoms with van der Waals surface area (Å²) in [5.74, 6) is -2.98. The molecule has 17 nitrogen and oxygen atoms in total. The van der Waals surface area contributed by atoms with Crippen LogP contribution in [-0.2, 0) is 14.4 Å². The van der Waals surface area contributed by atoms with Gasteiger partial charge in [0.1, 0.15) is 23.2 Å². The van der Waals surface area contributed by atoms with Gasteiger partial charge in [0, 0.05) is 61.8 Å². The van der Waals surface area contributed by atoms with Crippen molar-refractivity contribution in [2.75, 3.05) is 58.3 Å². The van der Waals surface area contributed by atoms with Gasteiger partial charge in [-0.2, -0.15) is 0 Å². The Morgan fingerprint density at radius 3 is 2.47 bits per heavy atom. The van der Waals surface area contributed by atoms with Gasteiger partial charge < -0.3 is 24.6 Å². The quantitative estimate of drug-likeness (QED) is 0.110. The first-order valence-electron chi connectivity index (χ1n) is 19.7. The number of ether oxygens (including phenoxy) is 2. The summed E-state index contributed by atoms with van der Waals surface area (Å²) in [6.07, 6.45) is 4.63. The molecule has 1 atom stereocenters. The van der Waals surface area contributed by atoms with Crippen LogP contribution in [0.25, 0.3) is 11.4 Å². The van der Waals surface area contributed by atoms with E-state index in [0.29, 0.717) is 49.0 Å². The normalized spacial score (nSPS) is 16.6. The predicted molar refractivity (Wildman–Crippen MR) is 219 cm³/mol. The molecule has 3 aliphatic rings. The molecule has 0 saturated carbocycles. The molecule has 60 heavy (non-hydrogen) atoms. The maximum atomic E-state index is 13.6. The molecule has 2 fully saturated rings. The molecule has 2 saturated heterocycles. The minimum Gasteiger partial charge on any atom is -0.493 e. The second-order valence-electron chi connectivity index (χ2n) is 14.6. The van der Waals surface area contributed by atoms with E-state index in [-0.39, 0.29) is 71.6 Å². The number of aromatic nitrogens is 2. The van der Waals surface area contributed by atoms with E-state index in [0.717, 1.165) is 30.8 Å². The minimum absolute atomic E-state index is 0.0348. The maximum absolute atomic E-state index is 13.6. The van der Waals surface area contributed by atoms with Crippen LogP contribution < -0.4 is 25.4 Å². The van der Waals surface area contributed by atoms with Crippen molar-refractivity contribution in [2.45, 2.75) is 44.6 Å². The summed E-state index contributed by atoms with van der Waals surface area (Å²) in [6, 6.07) is 13.7. The third-order valence-electron chi connectivity index (χ3n) is 10.3. The van der Waals surface area contributed by atoms with Crippen LogP contribution in [0.15, 0.2) is 66.2 Å². The van der Waals surface area contributed by atoms with Crippen molar-refractivity contribution in [3.05, 3.63) is 88.4 Å². The average Bonchev–Trinajstić information content (AvgIpc) is 3.82. The van der Waals surface area contributed by atoms with Gasteiger partial charge in [-0.1, -0.05) is 25.0 Å². The van der Waals surface area contributed by atoms with Crippen molar-refractivity contribution in [1.82, 2.24) is 35.3 Å². The van der Waals surface area contributed by atoms with Crippen LogP contribution >= 0.6 is 11.3 Å². The van der Waals surface area contributed by atoms with Gasteiger partial charge in [-0.25, -0.2) is 4.98 Å². The van der Waals surface area contributed by atoms with E-state index < -0.39 is 35.6 Å². The Labute approximate surface area is 349 Å². The topological polar surface area (TPSA) is 210 Å². The number of carbonyl (C=O) groups is 7. The summed E-state index contributed by atoms with van der Waals surface area (Å²) < 4.78 is 11.7. The standard InChI is InChI=1S/C42H44N8O9S/c1-48-16-18-49(19-17-48)39(55)27-21-26(37(53)47-42-45-31(25-60-42)30-10-4-6-14-43-30)22-28(23-27)59-24-35(52)44-15-5-2-3-7-20-58-33-11-8-9-29-36(33)41(57)50(40(29)56)32-12-13-34(51)46-38(32)54/h4,6,8-11,14,21-23,25,32H,2-3,5,7,12-13,15-20,24H2,1H3,(H,44,52)(H,45,47,53)(H,46,51,54). The summed E-state index contributed by atoms with van der Waals surface area (Å²) in [6.45, 7) is 2.87. The lowest BCUT2D eigenvalue weighted by atomic mass is 10.0. The first-order valence-corrected chi connectivity index (χ1v) is 20.6. The Morgan fingerprint density at radius 1 is 0.883 bits per heavy atom. The van der Waals surface area contributed by atoms with E-state index in [9.17, 15) is 33.6 Å². The number of anilines is 1. The first-order chi connectivity index (χ1) is 29.0. The van der Waals surface area contributed by atoms with Gasteiger partial charge in [-0.15, -0.1) is 11.3 Å². The zero-order chi connectivity index (χ0) is 42.2. The van der Waals surface area contributed by atoms with Crippen LogP contribution in [-0.4, -0.2) is 125 Å². The molecule has 4 aromatic rings. The number of carbonyl (C=O) groups excluding carboxylic acids is 7. The number of piperidine rings is 1. The lowest BCUT2D eigenvalue weighted by Crippen LogP contribution is -2.54. The van der Waals surface area contributed by atoms with Crippen LogP contribution in [0.3, 0.4) is 0 Å². The summed E-state index contributed by atoms with van der Waals surface area (Å²) in [5.41, 5.74) is 1.99. The lowest BCUT2D eigenvalue weighted by molar-refractivity contribution is -0.136. The molecule has 0 aliphatic carbocycles. The van der Waals surface area contributed by atoms with E-state index in [1.807, 2.05) is 19.2 Å². The lowest BCUT2D eigenvalue weighted by Gasteiger charge is -2.32. The van der Waals surface area contributed by atoms with Gasteiger partial charge >= 0.3 is 0 Å². The van der Waals surface area contributed by atoms with E-state index in [2.05, 4.69) is 30.8 Å². The Balaban J connectivity index is 0.869. The van der Waals surface area contributed by atoms with Crippen LogP contribution in [0, 0.1) is 0 Å². The number of amides is 7. The van der Waals surface area contributed by atoms with Crippen molar-refractivity contribution in [3.8, 4) is 22.9 Å². The molecule has 18 heteroatoms. The van der Waals surface area contributed by atoms with Crippen LogP contribution in [0.4, 0.5) is 5.13 Å². The second kappa shape index (κ2) is 19.0. The summed E-state index contributed by atoms with van der Waals surface area (Å²) in [4.78, 5) is 104. The molecule has 0 spiro atoms. The van der Waals surface area contributed by atoms with E-state index >= 15 is 0 Å². The Bertz CT molecular complexity index is 2290. The highest BCUT2D eigenvalue weighted by molar-refractivity contribution is 7.14. The van der Waals surface area contributed by atoms with Crippen molar-refractivity contribution in [2.24, 2.45) is 0 Å². The SMILES string of the molecule is CN1CCN(C(=O)c2cc(OCC(=O)NCCCCCCOc3cccc4c3C(=O)N(C3CCC(=O)NC3=O)C4=O)cc(C(=O)Nc3nc(-c4ccccn4)cs3)c2)CC1. The predicted octanol–water partition coefficient (Wildman–Crippen LogP) is 3.38. The molecule has 312 valence electrons. The number of nitrogens with zero attached hydrogens (tertiary/aromatic N) is 5. The van der Waals surface area contributed by atoms with Gasteiger partial charge in [0.2, 0.25) is 11.8 Å². The van der Waals surface area contributed by atoms with E-state index in [4.69, 9.17) is 9.47 Å².